The summed E-state index contributed by atoms with van der Waals surface area (Å²) in [5, 5.41) is 1.04. The number of nitrogens with two attached hydrogens (primary N) is 1. The number of aromatic amines is 1. The number of nitrogens with one attached hydrogen (secondary N) is 1. The van der Waals surface area contributed by atoms with Crippen molar-refractivity contribution >= 4 is 16.6 Å². The van der Waals surface area contributed by atoms with Crippen LogP contribution < -0.4 is 16.2 Å². The number of ether oxygens (including phenoxy) is 1. The van der Waals surface area contributed by atoms with Gasteiger partial charge in [-0.25, -0.2) is 0 Å². The number of aromatic nitrogens is 1. The quantitative estimate of drug-likeness (QED) is 0.866. The molecule has 0 radical (unpaired) electrons. The molecule has 2 aliphatic heterocycles. The van der Waals surface area contributed by atoms with Crippen LogP contribution >= 0.6 is 0 Å². The maximum absolute atomic E-state index is 11.5. The zero-order chi connectivity index (χ0) is 14.4. The van der Waals surface area contributed by atoms with Gasteiger partial charge in [-0.2, -0.15) is 0 Å². The van der Waals surface area contributed by atoms with E-state index in [0.717, 1.165) is 42.7 Å². The highest BCUT2D eigenvalue weighted by Gasteiger charge is 2.50. The molecule has 0 bridgehead atoms. The lowest BCUT2D eigenvalue weighted by Gasteiger charge is -2.26. The van der Waals surface area contributed by atoms with Gasteiger partial charge in [0.05, 0.1) is 5.52 Å². The van der Waals surface area contributed by atoms with E-state index in [1.807, 2.05) is 18.2 Å². The monoisotopic (exact) mass is 285 g/mol. The molecule has 3 heterocycles. The van der Waals surface area contributed by atoms with E-state index >= 15 is 0 Å². The third kappa shape index (κ3) is 1.96. The Hall–Kier alpha value is -1.85. The minimum Gasteiger partial charge on any atom is -0.371 e. The summed E-state index contributed by atoms with van der Waals surface area (Å²) in [5.74, 6) is 0.507. The van der Waals surface area contributed by atoms with Crippen LogP contribution in [0.15, 0.2) is 35.1 Å². The molecule has 4 rings (SSSR count). The zero-order valence-electron chi connectivity index (χ0n) is 11.8. The lowest BCUT2D eigenvalue weighted by Crippen LogP contribution is -2.44. The molecule has 1 aromatic heterocycles. The molecule has 2 saturated heterocycles. The van der Waals surface area contributed by atoms with Crippen LogP contribution in [-0.2, 0) is 4.74 Å². The molecule has 110 valence electrons. The molecular weight excluding hydrogens is 266 g/mol. The van der Waals surface area contributed by atoms with E-state index in [1.165, 1.54) is 0 Å². The summed E-state index contributed by atoms with van der Waals surface area (Å²) in [6, 6.07) is 9.60. The van der Waals surface area contributed by atoms with Gasteiger partial charge in [-0.3, -0.25) is 4.79 Å². The molecule has 0 amide bonds. The van der Waals surface area contributed by atoms with Crippen molar-refractivity contribution in [2.45, 2.75) is 12.0 Å². The summed E-state index contributed by atoms with van der Waals surface area (Å²) in [6.07, 6.45) is 1.08. The summed E-state index contributed by atoms with van der Waals surface area (Å²) in [4.78, 5) is 16.7. The molecular formula is C16H19N3O2. The SMILES string of the molecule is NCC12CN(c3ccc4ccc(=O)[nH]c4c3)CC1CCO2. The van der Waals surface area contributed by atoms with E-state index < -0.39 is 0 Å². The Balaban J connectivity index is 1.70. The van der Waals surface area contributed by atoms with Gasteiger partial charge < -0.3 is 20.4 Å². The molecule has 2 atom stereocenters. The normalized spacial score (nSPS) is 28.2. The minimum atomic E-state index is -0.181. The predicted octanol–water partition coefficient (Wildman–Crippen LogP) is 1.08. The van der Waals surface area contributed by atoms with Crippen molar-refractivity contribution in [2.75, 3.05) is 31.1 Å². The topological polar surface area (TPSA) is 71.3 Å². The largest absolute Gasteiger partial charge is 0.371 e. The van der Waals surface area contributed by atoms with Crippen LogP contribution in [0.25, 0.3) is 10.9 Å². The second-order valence-corrected chi connectivity index (χ2v) is 6.08. The van der Waals surface area contributed by atoms with Crippen molar-refractivity contribution < 1.29 is 4.74 Å². The molecule has 2 fully saturated rings. The Morgan fingerprint density at radius 2 is 2.24 bits per heavy atom. The summed E-state index contributed by atoms with van der Waals surface area (Å²) < 4.78 is 5.95. The van der Waals surface area contributed by atoms with Gasteiger partial charge in [0, 0.05) is 43.9 Å². The standard InChI is InChI=1S/C16H19N3O2/c17-9-16-10-19(8-12(16)5-6-21-16)13-3-1-11-2-4-15(20)18-14(11)7-13/h1-4,7,12H,5-6,8-10,17H2,(H,18,20). The number of pyridine rings is 1. The summed E-state index contributed by atoms with van der Waals surface area (Å²) in [7, 11) is 0. The fourth-order valence-corrected chi connectivity index (χ4v) is 3.69. The summed E-state index contributed by atoms with van der Waals surface area (Å²) >= 11 is 0. The molecule has 0 saturated carbocycles. The zero-order valence-corrected chi connectivity index (χ0v) is 11.8. The fraction of sp³-hybridized carbons (Fsp3) is 0.438. The van der Waals surface area contributed by atoms with E-state index in [-0.39, 0.29) is 11.2 Å². The van der Waals surface area contributed by atoms with Crippen LogP contribution in [0.5, 0.6) is 0 Å². The lowest BCUT2D eigenvalue weighted by atomic mass is 9.91. The number of benzene rings is 1. The predicted molar refractivity (Wildman–Crippen MR) is 82.6 cm³/mol. The molecule has 2 aromatic rings. The highest BCUT2D eigenvalue weighted by atomic mass is 16.5. The number of hydrogen-bond donors (Lipinski definition) is 2. The number of nitrogens with zero attached hydrogens (tertiary/aromatic N) is 1. The Kier molecular flexibility index (Phi) is 2.80. The Labute approximate surface area is 122 Å². The molecule has 1 aromatic carbocycles. The number of H-pyrrole nitrogens is 1. The molecule has 5 nitrogen and oxygen atoms in total. The van der Waals surface area contributed by atoms with E-state index in [2.05, 4.69) is 16.0 Å². The van der Waals surface area contributed by atoms with Crippen LogP contribution in [0.4, 0.5) is 5.69 Å². The smallest absolute Gasteiger partial charge is 0.248 e. The van der Waals surface area contributed by atoms with Gasteiger partial charge in [-0.15, -0.1) is 0 Å². The van der Waals surface area contributed by atoms with E-state index in [1.54, 1.807) is 6.07 Å². The average Bonchev–Trinajstić information content (AvgIpc) is 3.03. The molecule has 5 heteroatoms. The molecule has 3 N–H and O–H groups in total. The second-order valence-electron chi connectivity index (χ2n) is 6.08. The third-order valence-corrected chi connectivity index (χ3v) is 4.92. The molecule has 0 spiro atoms. The summed E-state index contributed by atoms with van der Waals surface area (Å²) in [5.41, 5.74) is 7.71. The maximum Gasteiger partial charge on any atom is 0.248 e. The van der Waals surface area contributed by atoms with Crippen LogP contribution in [-0.4, -0.2) is 36.8 Å². The first-order valence-corrected chi connectivity index (χ1v) is 7.42. The van der Waals surface area contributed by atoms with E-state index in [4.69, 9.17) is 10.5 Å². The minimum absolute atomic E-state index is 0.0697. The third-order valence-electron chi connectivity index (χ3n) is 4.92. The number of anilines is 1. The van der Waals surface area contributed by atoms with Gasteiger partial charge >= 0.3 is 0 Å². The van der Waals surface area contributed by atoms with E-state index in [9.17, 15) is 4.79 Å². The van der Waals surface area contributed by atoms with Gasteiger partial charge in [0.25, 0.3) is 0 Å². The second kappa shape index (κ2) is 4.58. The Morgan fingerprint density at radius 3 is 3.05 bits per heavy atom. The van der Waals surface area contributed by atoms with Crippen LogP contribution in [0.1, 0.15) is 6.42 Å². The van der Waals surface area contributed by atoms with Crippen molar-refractivity contribution in [3.63, 3.8) is 0 Å². The van der Waals surface area contributed by atoms with Crippen molar-refractivity contribution in [1.29, 1.82) is 0 Å². The van der Waals surface area contributed by atoms with Crippen LogP contribution in [0, 0.1) is 5.92 Å². The van der Waals surface area contributed by atoms with Gasteiger partial charge in [-0.05, 0) is 30.0 Å². The average molecular weight is 285 g/mol. The number of hydrogen-bond acceptors (Lipinski definition) is 4. The maximum atomic E-state index is 11.5. The van der Waals surface area contributed by atoms with Crippen molar-refractivity contribution in [2.24, 2.45) is 11.7 Å². The first kappa shape index (κ1) is 12.9. The molecule has 2 aliphatic rings. The van der Waals surface area contributed by atoms with Gasteiger partial charge in [-0.1, -0.05) is 6.07 Å². The van der Waals surface area contributed by atoms with Crippen LogP contribution in [0.2, 0.25) is 0 Å². The number of fused-ring (bicyclic) bond motifs is 2. The first-order chi connectivity index (χ1) is 10.2. The summed E-state index contributed by atoms with van der Waals surface area (Å²) in [6.45, 7) is 3.19. The van der Waals surface area contributed by atoms with Crippen LogP contribution in [0.3, 0.4) is 0 Å². The van der Waals surface area contributed by atoms with Gasteiger partial charge in [0.1, 0.15) is 5.60 Å². The molecule has 21 heavy (non-hydrogen) atoms. The molecule has 0 aliphatic carbocycles. The Morgan fingerprint density at radius 1 is 1.38 bits per heavy atom. The molecule has 2 unspecified atom stereocenters. The Bertz CT molecular complexity index is 742. The number of rotatable bonds is 2. The van der Waals surface area contributed by atoms with Gasteiger partial charge in [0.15, 0.2) is 0 Å². The van der Waals surface area contributed by atoms with Crippen molar-refractivity contribution in [3.8, 4) is 0 Å². The lowest BCUT2D eigenvalue weighted by molar-refractivity contribution is 0.0126. The van der Waals surface area contributed by atoms with Gasteiger partial charge in [0.2, 0.25) is 5.56 Å². The van der Waals surface area contributed by atoms with Crippen molar-refractivity contribution in [3.05, 3.63) is 40.7 Å². The fourth-order valence-electron chi connectivity index (χ4n) is 3.69. The highest BCUT2D eigenvalue weighted by Crippen LogP contribution is 2.40. The van der Waals surface area contributed by atoms with E-state index in [0.29, 0.717) is 12.5 Å². The van der Waals surface area contributed by atoms with Crippen molar-refractivity contribution in [1.82, 2.24) is 4.98 Å². The first-order valence-electron chi connectivity index (χ1n) is 7.42. The highest BCUT2D eigenvalue weighted by molar-refractivity contribution is 5.82.